The van der Waals surface area contributed by atoms with Gasteiger partial charge in [-0.15, -0.1) is 0 Å². The van der Waals surface area contributed by atoms with Crippen LogP contribution in [0.5, 0.6) is 0 Å². The maximum Gasteiger partial charge on any atom is 0.242 e. The fourth-order valence-corrected chi connectivity index (χ4v) is 3.17. The summed E-state index contributed by atoms with van der Waals surface area (Å²) < 4.78 is 0. The minimum atomic E-state index is -0.592. The Morgan fingerprint density at radius 3 is 2.17 bits per heavy atom. The maximum atomic E-state index is 13.1. The molecule has 0 bridgehead atoms. The summed E-state index contributed by atoms with van der Waals surface area (Å²) in [5, 5.41) is 3.77. The van der Waals surface area contributed by atoms with Gasteiger partial charge in [0.15, 0.2) is 0 Å². The summed E-state index contributed by atoms with van der Waals surface area (Å²) in [5.41, 5.74) is 2.87. The zero-order valence-corrected chi connectivity index (χ0v) is 18.8. The van der Waals surface area contributed by atoms with Crippen molar-refractivity contribution < 1.29 is 9.59 Å². The molecule has 0 aliphatic rings. The van der Waals surface area contributed by atoms with Gasteiger partial charge in [-0.2, -0.15) is 0 Å². The Morgan fingerprint density at radius 1 is 0.966 bits per heavy atom. The molecule has 0 unspecified atom stereocenters. The molecule has 2 aromatic carbocycles. The van der Waals surface area contributed by atoms with Crippen LogP contribution in [0.3, 0.4) is 0 Å². The van der Waals surface area contributed by atoms with Gasteiger partial charge in [-0.05, 0) is 43.0 Å². The Morgan fingerprint density at radius 2 is 1.59 bits per heavy atom. The molecule has 29 heavy (non-hydrogen) atoms. The third-order valence-electron chi connectivity index (χ3n) is 4.66. The van der Waals surface area contributed by atoms with E-state index in [0.717, 1.165) is 16.7 Å². The van der Waals surface area contributed by atoms with Crippen LogP contribution in [0.1, 0.15) is 37.5 Å². The molecule has 0 saturated carbocycles. The van der Waals surface area contributed by atoms with E-state index in [4.69, 9.17) is 23.2 Å². The van der Waals surface area contributed by atoms with E-state index < -0.39 is 6.04 Å². The maximum absolute atomic E-state index is 13.1. The number of hydrogen-bond donors (Lipinski definition) is 1. The topological polar surface area (TPSA) is 49.4 Å². The second kappa shape index (κ2) is 10.7. The molecule has 0 fully saturated rings. The summed E-state index contributed by atoms with van der Waals surface area (Å²) in [4.78, 5) is 27.4. The highest BCUT2D eigenvalue weighted by atomic mass is 35.5. The first-order chi connectivity index (χ1) is 13.7. The van der Waals surface area contributed by atoms with Gasteiger partial charge in [0.1, 0.15) is 6.04 Å². The Hall–Kier alpha value is -2.04. The van der Waals surface area contributed by atoms with E-state index in [1.165, 1.54) is 0 Å². The Balaban J connectivity index is 2.21. The highest BCUT2D eigenvalue weighted by Crippen LogP contribution is 2.23. The third kappa shape index (κ3) is 7.06. The van der Waals surface area contributed by atoms with Crippen LogP contribution in [0.15, 0.2) is 42.5 Å². The summed E-state index contributed by atoms with van der Waals surface area (Å²) in [5.74, 6) is 0.0353. The SMILES string of the molecule is Cc1ccc(CN(C(=O)Cc2ccc(Cl)c(Cl)c2)[C@H](C)C(=O)NCC(C)C)cc1. The first-order valence-electron chi connectivity index (χ1n) is 9.74. The molecule has 0 aromatic heterocycles. The fraction of sp³-hybridized carbons (Fsp3) is 0.391. The normalized spacial score (nSPS) is 12.0. The quantitative estimate of drug-likeness (QED) is 0.632. The van der Waals surface area contributed by atoms with Crippen LogP contribution >= 0.6 is 23.2 Å². The van der Waals surface area contributed by atoms with Crippen LogP contribution in [-0.2, 0) is 22.6 Å². The van der Waals surface area contributed by atoms with Gasteiger partial charge >= 0.3 is 0 Å². The van der Waals surface area contributed by atoms with Crippen LogP contribution in [0, 0.1) is 12.8 Å². The lowest BCUT2D eigenvalue weighted by Crippen LogP contribution is -2.48. The standard InChI is InChI=1S/C23H28Cl2N2O2/c1-15(2)13-26-23(29)17(4)27(14-18-7-5-16(3)6-8-18)22(28)12-19-9-10-20(24)21(25)11-19/h5-11,15,17H,12-14H2,1-4H3,(H,26,29)/t17-/m1/s1. The molecule has 0 aliphatic heterocycles. The van der Waals surface area contributed by atoms with Crippen molar-refractivity contribution in [2.24, 2.45) is 5.92 Å². The van der Waals surface area contributed by atoms with Gasteiger partial charge in [-0.25, -0.2) is 0 Å². The summed E-state index contributed by atoms with van der Waals surface area (Å²) in [6.45, 7) is 8.77. The van der Waals surface area contributed by atoms with Crippen LogP contribution in [0.2, 0.25) is 10.0 Å². The first-order valence-corrected chi connectivity index (χ1v) is 10.5. The zero-order valence-electron chi connectivity index (χ0n) is 17.3. The van der Waals surface area contributed by atoms with Crippen molar-refractivity contribution in [3.8, 4) is 0 Å². The molecule has 4 nitrogen and oxygen atoms in total. The van der Waals surface area contributed by atoms with Crippen molar-refractivity contribution in [1.29, 1.82) is 0 Å². The van der Waals surface area contributed by atoms with Crippen molar-refractivity contribution in [3.63, 3.8) is 0 Å². The van der Waals surface area contributed by atoms with Crippen molar-refractivity contribution >= 4 is 35.0 Å². The van der Waals surface area contributed by atoms with Crippen molar-refractivity contribution in [1.82, 2.24) is 10.2 Å². The summed E-state index contributed by atoms with van der Waals surface area (Å²) in [6, 6.07) is 12.5. The van der Waals surface area contributed by atoms with E-state index in [1.807, 2.05) is 45.0 Å². The molecule has 2 rings (SSSR count). The molecule has 0 spiro atoms. The smallest absolute Gasteiger partial charge is 0.242 e. The van der Waals surface area contributed by atoms with Crippen molar-refractivity contribution in [2.45, 2.75) is 46.7 Å². The summed E-state index contributed by atoms with van der Waals surface area (Å²) in [7, 11) is 0. The van der Waals surface area contributed by atoms with Gasteiger partial charge in [-0.3, -0.25) is 9.59 Å². The van der Waals surface area contributed by atoms with Crippen LogP contribution in [0.25, 0.3) is 0 Å². The minimum absolute atomic E-state index is 0.142. The van der Waals surface area contributed by atoms with E-state index in [0.29, 0.717) is 29.1 Å². The predicted octanol–water partition coefficient (Wildman–Crippen LogP) is 5.03. The number of hydrogen-bond acceptors (Lipinski definition) is 2. The fourth-order valence-electron chi connectivity index (χ4n) is 2.85. The van der Waals surface area contributed by atoms with Crippen LogP contribution in [-0.4, -0.2) is 29.3 Å². The number of rotatable bonds is 8. The van der Waals surface area contributed by atoms with Crippen molar-refractivity contribution in [3.05, 3.63) is 69.2 Å². The number of nitrogens with zero attached hydrogens (tertiary/aromatic N) is 1. The van der Waals surface area contributed by atoms with Gasteiger partial charge in [0, 0.05) is 13.1 Å². The molecule has 2 aromatic rings. The van der Waals surface area contributed by atoms with Gasteiger partial charge in [0.2, 0.25) is 11.8 Å². The number of aryl methyl sites for hydroxylation is 1. The molecular weight excluding hydrogens is 407 g/mol. The van der Waals surface area contributed by atoms with E-state index in [-0.39, 0.29) is 18.2 Å². The van der Waals surface area contributed by atoms with Gasteiger partial charge in [-0.1, -0.05) is 72.9 Å². The third-order valence-corrected chi connectivity index (χ3v) is 5.40. The number of nitrogens with one attached hydrogen (secondary N) is 1. The second-order valence-corrected chi connectivity index (χ2v) is 8.56. The highest BCUT2D eigenvalue weighted by molar-refractivity contribution is 6.42. The van der Waals surface area contributed by atoms with E-state index in [1.54, 1.807) is 30.0 Å². The van der Waals surface area contributed by atoms with E-state index in [9.17, 15) is 9.59 Å². The van der Waals surface area contributed by atoms with Gasteiger partial charge < -0.3 is 10.2 Å². The molecule has 6 heteroatoms. The first kappa shape index (κ1) is 23.2. The molecule has 156 valence electrons. The zero-order chi connectivity index (χ0) is 21.6. The predicted molar refractivity (Wildman–Crippen MR) is 119 cm³/mol. The summed E-state index contributed by atoms with van der Waals surface area (Å²) in [6.07, 6.45) is 0.143. The molecule has 0 radical (unpaired) electrons. The lowest BCUT2D eigenvalue weighted by molar-refractivity contribution is -0.140. The van der Waals surface area contributed by atoms with E-state index >= 15 is 0 Å². The molecule has 0 aliphatic carbocycles. The number of carbonyl (C=O) groups excluding carboxylic acids is 2. The Bertz CT molecular complexity index is 850. The lowest BCUT2D eigenvalue weighted by atomic mass is 10.1. The molecule has 1 atom stereocenters. The molecule has 1 N–H and O–H groups in total. The van der Waals surface area contributed by atoms with Gasteiger partial charge in [0.25, 0.3) is 0 Å². The monoisotopic (exact) mass is 434 g/mol. The lowest BCUT2D eigenvalue weighted by Gasteiger charge is -2.29. The highest BCUT2D eigenvalue weighted by Gasteiger charge is 2.26. The number of benzene rings is 2. The number of carbonyl (C=O) groups is 2. The minimum Gasteiger partial charge on any atom is -0.354 e. The molecule has 0 saturated heterocycles. The number of halogens is 2. The average Bonchev–Trinajstić information content (AvgIpc) is 2.67. The van der Waals surface area contributed by atoms with Crippen molar-refractivity contribution in [2.75, 3.05) is 6.54 Å². The average molecular weight is 435 g/mol. The second-order valence-electron chi connectivity index (χ2n) is 7.75. The molecule has 2 amide bonds. The molecule has 0 heterocycles. The van der Waals surface area contributed by atoms with Crippen LogP contribution < -0.4 is 5.32 Å². The number of amides is 2. The van der Waals surface area contributed by atoms with E-state index in [2.05, 4.69) is 5.32 Å². The summed E-state index contributed by atoms with van der Waals surface area (Å²) >= 11 is 12.1. The Labute approximate surface area is 183 Å². The molecular formula is C23H28Cl2N2O2. The largest absolute Gasteiger partial charge is 0.354 e. The Kier molecular flexibility index (Phi) is 8.54. The van der Waals surface area contributed by atoms with Crippen LogP contribution in [0.4, 0.5) is 0 Å². The van der Waals surface area contributed by atoms with Gasteiger partial charge in [0.05, 0.1) is 16.5 Å².